The zero-order valence-corrected chi connectivity index (χ0v) is 15.3. The SMILES string of the molecule is CN=C(NC1CCN(CC(F)(F)F)C1)N1CCC(C)C(n2ccnc2)C1. The highest BCUT2D eigenvalue weighted by Gasteiger charge is 2.35. The standard InChI is InChI=1S/C17H27F3N6/c1-13-3-7-25(10-15(13)26-8-5-22-12-26)16(21-2)23-14-4-6-24(9-14)11-17(18,19)20/h5,8,12-15H,3-4,6-7,9-11H2,1-2H3,(H,21,23). The summed E-state index contributed by atoms with van der Waals surface area (Å²) in [5.41, 5.74) is 0. The molecule has 0 spiro atoms. The number of aliphatic imine (C=N–C) groups is 1. The van der Waals surface area contributed by atoms with Crippen molar-refractivity contribution in [3.63, 3.8) is 0 Å². The zero-order chi connectivity index (χ0) is 18.7. The van der Waals surface area contributed by atoms with Gasteiger partial charge in [-0.25, -0.2) is 4.98 Å². The molecule has 1 N–H and O–H groups in total. The summed E-state index contributed by atoms with van der Waals surface area (Å²) in [5, 5.41) is 3.37. The minimum Gasteiger partial charge on any atom is -0.352 e. The van der Waals surface area contributed by atoms with Crippen molar-refractivity contribution < 1.29 is 13.2 Å². The lowest BCUT2D eigenvalue weighted by molar-refractivity contribution is -0.143. The molecule has 2 fully saturated rings. The zero-order valence-electron chi connectivity index (χ0n) is 15.3. The number of alkyl halides is 3. The van der Waals surface area contributed by atoms with Crippen LogP contribution >= 0.6 is 0 Å². The molecule has 0 amide bonds. The normalized spacial score (nSPS) is 28.6. The van der Waals surface area contributed by atoms with Crippen molar-refractivity contribution in [3.8, 4) is 0 Å². The molecule has 9 heteroatoms. The Morgan fingerprint density at radius 1 is 1.27 bits per heavy atom. The van der Waals surface area contributed by atoms with Crippen molar-refractivity contribution in [1.82, 2.24) is 24.7 Å². The summed E-state index contributed by atoms with van der Waals surface area (Å²) in [7, 11) is 1.73. The first-order valence-electron chi connectivity index (χ1n) is 9.10. The molecule has 2 aliphatic heterocycles. The molecule has 26 heavy (non-hydrogen) atoms. The molecule has 3 heterocycles. The molecule has 6 nitrogen and oxygen atoms in total. The van der Waals surface area contributed by atoms with Gasteiger partial charge >= 0.3 is 6.18 Å². The first-order chi connectivity index (χ1) is 12.4. The monoisotopic (exact) mass is 372 g/mol. The molecule has 3 atom stereocenters. The van der Waals surface area contributed by atoms with Gasteiger partial charge in [0.15, 0.2) is 5.96 Å². The van der Waals surface area contributed by atoms with Crippen LogP contribution in [0.3, 0.4) is 0 Å². The molecule has 0 aromatic carbocycles. The summed E-state index contributed by atoms with van der Waals surface area (Å²) in [4.78, 5) is 12.2. The van der Waals surface area contributed by atoms with E-state index in [2.05, 4.69) is 31.7 Å². The quantitative estimate of drug-likeness (QED) is 0.651. The van der Waals surface area contributed by atoms with Crippen molar-refractivity contribution in [3.05, 3.63) is 18.7 Å². The van der Waals surface area contributed by atoms with Gasteiger partial charge in [0.05, 0.1) is 18.9 Å². The van der Waals surface area contributed by atoms with Crippen LogP contribution in [0.4, 0.5) is 13.2 Å². The predicted octanol–water partition coefficient (Wildman–Crippen LogP) is 1.98. The molecule has 146 valence electrons. The number of nitrogens with zero attached hydrogens (tertiary/aromatic N) is 5. The maximum absolute atomic E-state index is 12.6. The summed E-state index contributed by atoms with van der Waals surface area (Å²) < 4.78 is 39.8. The molecule has 2 aliphatic rings. The summed E-state index contributed by atoms with van der Waals surface area (Å²) in [6, 6.07) is 0.317. The van der Waals surface area contributed by atoms with Crippen molar-refractivity contribution in [2.75, 3.05) is 39.8 Å². The van der Waals surface area contributed by atoms with Gasteiger partial charge in [-0.15, -0.1) is 0 Å². The summed E-state index contributed by atoms with van der Waals surface area (Å²) in [6.07, 6.45) is 3.20. The molecule has 0 saturated carbocycles. The van der Waals surface area contributed by atoms with Crippen molar-refractivity contribution in [2.24, 2.45) is 10.9 Å². The molecule has 2 saturated heterocycles. The van der Waals surface area contributed by atoms with Gasteiger partial charge in [-0.2, -0.15) is 13.2 Å². The Morgan fingerprint density at radius 2 is 2.08 bits per heavy atom. The average Bonchev–Trinajstić information content (AvgIpc) is 3.24. The van der Waals surface area contributed by atoms with Crippen molar-refractivity contribution in [2.45, 2.75) is 38.0 Å². The lowest BCUT2D eigenvalue weighted by Gasteiger charge is -2.39. The minimum atomic E-state index is -4.14. The Bertz CT molecular complexity index is 600. The van der Waals surface area contributed by atoms with Gasteiger partial charge in [-0.1, -0.05) is 6.92 Å². The van der Waals surface area contributed by atoms with E-state index in [4.69, 9.17) is 0 Å². The third-order valence-electron chi connectivity index (χ3n) is 5.35. The van der Waals surface area contributed by atoms with E-state index < -0.39 is 12.7 Å². The number of guanidine groups is 1. The number of hydrogen-bond acceptors (Lipinski definition) is 3. The summed E-state index contributed by atoms with van der Waals surface area (Å²) >= 11 is 0. The highest BCUT2D eigenvalue weighted by atomic mass is 19.4. The van der Waals surface area contributed by atoms with Gasteiger partial charge < -0.3 is 14.8 Å². The Labute approximate surface area is 152 Å². The number of rotatable bonds is 3. The van der Waals surface area contributed by atoms with Gasteiger partial charge in [0.25, 0.3) is 0 Å². The van der Waals surface area contributed by atoms with Gasteiger partial charge in [0.1, 0.15) is 0 Å². The Hall–Kier alpha value is -1.77. The molecular weight excluding hydrogens is 345 g/mol. The van der Waals surface area contributed by atoms with Gasteiger partial charge in [0, 0.05) is 51.7 Å². The van der Waals surface area contributed by atoms with Crippen LogP contribution in [0.25, 0.3) is 0 Å². The number of likely N-dealkylation sites (tertiary alicyclic amines) is 2. The van der Waals surface area contributed by atoms with Crippen LogP contribution in [-0.2, 0) is 0 Å². The van der Waals surface area contributed by atoms with Gasteiger partial charge in [-0.3, -0.25) is 9.89 Å². The second-order valence-electron chi connectivity index (χ2n) is 7.32. The molecular formula is C17H27F3N6. The molecule has 1 aromatic rings. The van der Waals surface area contributed by atoms with E-state index in [0.29, 0.717) is 31.5 Å². The van der Waals surface area contributed by atoms with E-state index in [1.54, 1.807) is 13.2 Å². The van der Waals surface area contributed by atoms with Gasteiger partial charge in [-0.05, 0) is 18.8 Å². The third-order valence-corrected chi connectivity index (χ3v) is 5.35. The highest BCUT2D eigenvalue weighted by molar-refractivity contribution is 5.80. The number of hydrogen-bond donors (Lipinski definition) is 1. The maximum Gasteiger partial charge on any atom is 0.401 e. The molecule has 0 bridgehead atoms. The molecule has 0 aliphatic carbocycles. The van der Waals surface area contributed by atoms with Crippen LogP contribution in [0, 0.1) is 5.92 Å². The maximum atomic E-state index is 12.6. The molecule has 0 radical (unpaired) electrons. The Balaban J connectivity index is 1.58. The minimum absolute atomic E-state index is 0.00194. The topological polar surface area (TPSA) is 48.7 Å². The van der Waals surface area contributed by atoms with Crippen LogP contribution in [0.1, 0.15) is 25.8 Å². The van der Waals surface area contributed by atoms with E-state index in [0.717, 1.165) is 25.5 Å². The predicted molar refractivity (Wildman–Crippen MR) is 94.0 cm³/mol. The molecule has 3 rings (SSSR count). The van der Waals surface area contributed by atoms with Crippen LogP contribution in [-0.4, -0.2) is 77.3 Å². The highest BCUT2D eigenvalue weighted by Crippen LogP contribution is 2.27. The van der Waals surface area contributed by atoms with Crippen LogP contribution in [0.2, 0.25) is 0 Å². The lowest BCUT2D eigenvalue weighted by atomic mass is 9.93. The van der Waals surface area contributed by atoms with Crippen LogP contribution in [0.5, 0.6) is 0 Å². The van der Waals surface area contributed by atoms with Crippen molar-refractivity contribution in [1.29, 1.82) is 0 Å². The molecule has 3 unspecified atom stereocenters. The second-order valence-corrected chi connectivity index (χ2v) is 7.32. The largest absolute Gasteiger partial charge is 0.401 e. The smallest absolute Gasteiger partial charge is 0.352 e. The molecule has 1 aromatic heterocycles. The van der Waals surface area contributed by atoms with E-state index >= 15 is 0 Å². The van der Waals surface area contributed by atoms with Crippen molar-refractivity contribution >= 4 is 5.96 Å². The fourth-order valence-corrected chi connectivity index (χ4v) is 3.92. The fraction of sp³-hybridized carbons (Fsp3) is 0.765. The van der Waals surface area contributed by atoms with Crippen LogP contribution in [0.15, 0.2) is 23.7 Å². The number of halogens is 3. The first-order valence-corrected chi connectivity index (χ1v) is 9.10. The van der Waals surface area contributed by atoms with Gasteiger partial charge in [0.2, 0.25) is 0 Å². The third kappa shape index (κ3) is 4.69. The van der Waals surface area contributed by atoms with E-state index in [-0.39, 0.29) is 6.04 Å². The Morgan fingerprint density at radius 3 is 2.73 bits per heavy atom. The lowest BCUT2D eigenvalue weighted by Crippen LogP contribution is -2.52. The first kappa shape index (κ1) is 19.0. The summed E-state index contributed by atoms with van der Waals surface area (Å²) in [6.45, 7) is 3.97. The van der Waals surface area contributed by atoms with Crippen LogP contribution < -0.4 is 5.32 Å². The number of imidazole rings is 1. The van der Waals surface area contributed by atoms with E-state index in [1.165, 1.54) is 4.90 Å². The number of piperidine rings is 1. The average molecular weight is 372 g/mol. The number of nitrogens with one attached hydrogen (secondary N) is 1. The second kappa shape index (κ2) is 7.85. The number of aromatic nitrogens is 2. The summed E-state index contributed by atoms with van der Waals surface area (Å²) in [5.74, 6) is 1.31. The Kier molecular flexibility index (Phi) is 5.74. The van der Waals surface area contributed by atoms with E-state index in [1.807, 2.05) is 12.5 Å². The fourth-order valence-electron chi connectivity index (χ4n) is 3.92. The van der Waals surface area contributed by atoms with E-state index in [9.17, 15) is 13.2 Å².